The van der Waals surface area contributed by atoms with E-state index < -0.39 is 12.0 Å². The Labute approximate surface area is 132 Å². The summed E-state index contributed by atoms with van der Waals surface area (Å²) in [5, 5.41) is 7.86. The number of hydrogen-bond donors (Lipinski definition) is 1. The number of halogens is 1. The number of nitrogens with one attached hydrogen (secondary N) is 1. The topological polar surface area (TPSA) is 69.0 Å². The Kier molecular flexibility index (Phi) is 3.85. The van der Waals surface area contributed by atoms with Crippen molar-refractivity contribution in [3.05, 3.63) is 52.4 Å². The Balaban J connectivity index is 2.18. The lowest BCUT2D eigenvalue weighted by molar-refractivity contribution is -0.139. The molecule has 7 heteroatoms. The van der Waals surface area contributed by atoms with Gasteiger partial charge >= 0.3 is 5.97 Å². The fourth-order valence-electron chi connectivity index (χ4n) is 2.55. The molecule has 1 N–H and O–H groups in total. The molecular weight excluding hydrogens is 304 g/mol. The molecule has 1 aliphatic rings. The van der Waals surface area contributed by atoms with Gasteiger partial charge in [-0.15, -0.1) is 0 Å². The van der Waals surface area contributed by atoms with E-state index in [4.69, 9.17) is 16.3 Å². The van der Waals surface area contributed by atoms with Crippen LogP contribution in [0.4, 0.5) is 5.95 Å². The van der Waals surface area contributed by atoms with E-state index in [9.17, 15) is 4.79 Å². The molecule has 3 rings (SSSR count). The van der Waals surface area contributed by atoms with E-state index in [0.717, 1.165) is 5.56 Å². The second kappa shape index (κ2) is 5.81. The van der Waals surface area contributed by atoms with Crippen LogP contribution in [-0.4, -0.2) is 27.3 Å². The standard InChI is InChI=1S/C15H15ClN4O2/c1-3-22-14(21)12-9(2)19-15-17-8-18-20(15)13(12)10-6-4-5-7-11(10)16/h4-8,13H,3H2,1-2H3,(H,17,18,19)/t13-/m0/s1. The highest BCUT2D eigenvalue weighted by molar-refractivity contribution is 6.31. The number of allylic oxidation sites excluding steroid dienone is 1. The number of benzene rings is 1. The zero-order valence-electron chi connectivity index (χ0n) is 12.2. The van der Waals surface area contributed by atoms with Gasteiger partial charge in [0.1, 0.15) is 12.4 Å². The summed E-state index contributed by atoms with van der Waals surface area (Å²) in [5.41, 5.74) is 1.94. The van der Waals surface area contributed by atoms with E-state index >= 15 is 0 Å². The third-order valence-electron chi connectivity index (χ3n) is 3.49. The molecule has 0 amide bonds. The molecule has 1 atom stereocenters. The average molecular weight is 319 g/mol. The van der Waals surface area contributed by atoms with Gasteiger partial charge < -0.3 is 10.1 Å². The third kappa shape index (κ3) is 2.35. The highest BCUT2D eigenvalue weighted by Crippen LogP contribution is 2.37. The number of nitrogens with zero attached hydrogens (tertiary/aromatic N) is 3. The first kappa shape index (κ1) is 14.6. The van der Waals surface area contributed by atoms with Gasteiger partial charge in [0.15, 0.2) is 0 Å². The summed E-state index contributed by atoms with van der Waals surface area (Å²) in [7, 11) is 0. The van der Waals surface area contributed by atoms with Crippen molar-refractivity contribution in [2.45, 2.75) is 19.9 Å². The maximum absolute atomic E-state index is 12.4. The van der Waals surface area contributed by atoms with Gasteiger partial charge in [-0.3, -0.25) is 0 Å². The van der Waals surface area contributed by atoms with Crippen molar-refractivity contribution in [3.8, 4) is 0 Å². The second-order valence-corrected chi connectivity index (χ2v) is 5.24. The molecule has 0 spiro atoms. The molecule has 0 saturated heterocycles. The third-order valence-corrected chi connectivity index (χ3v) is 3.83. The molecule has 0 unspecified atom stereocenters. The normalized spacial score (nSPS) is 17.0. The van der Waals surface area contributed by atoms with E-state index in [1.807, 2.05) is 25.1 Å². The Morgan fingerprint density at radius 1 is 1.45 bits per heavy atom. The summed E-state index contributed by atoms with van der Waals surface area (Å²) in [6, 6.07) is 6.91. The number of aromatic nitrogens is 3. The first-order chi connectivity index (χ1) is 10.6. The molecule has 1 aromatic heterocycles. The van der Waals surface area contributed by atoms with Crippen LogP contribution in [0.25, 0.3) is 0 Å². The smallest absolute Gasteiger partial charge is 0.338 e. The van der Waals surface area contributed by atoms with Crippen LogP contribution in [0.15, 0.2) is 41.9 Å². The van der Waals surface area contributed by atoms with Crippen LogP contribution >= 0.6 is 11.6 Å². The van der Waals surface area contributed by atoms with Crippen LogP contribution in [-0.2, 0) is 9.53 Å². The van der Waals surface area contributed by atoms with Gasteiger partial charge in [0.05, 0.1) is 12.2 Å². The summed E-state index contributed by atoms with van der Waals surface area (Å²) in [5.74, 6) is 0.175. The minimum absolute atomic E-state index is 0.301. The number of hydrogen-bond acceptors (Lipinski definition) is 5. The van der Waals surface area contributed by atoms with Crippen molar-refractivity contribution in [1.82, 2.24) is 14.8 Å². The molecule has 0 bridgehead atoms. The predicted octanol–water partition coefficient (Wildman–Crippen LogP) is 2.78. The largest absolute Gasteiger partial charge is 0.463 e. The quantitative estimate of drug-likeness (QED) is 0.881. The maximum atomic E-state index is 12.4. The Bertz CT molecular complexity index is 754. The van der Waals surface area contributed by atoms with Crippen LogP contribution < -0.4 is 5.32 Å². The lowest BCUT2D eigenvalue weighted by Gasteiger charge is -2.28. The molecule has 0 aliphatic carbocycles. The summed E-state index contributed by atoms with van der Waals surface area (Å²) in [6.45, 7) is 3.89. The number of anilines is 1. The van der Waals surface area contributed by atoms with Crippen LogP contribution in [0, 0.1) is 0 Å². The van der Waals surface area contributed by atoms with Gasteiger partial charge in [0.25, 0.3) is 0 Å². The van der Waals surface area contributed by atoms with Gasteiger partial charge in [-0.2, -0.15) is 10.1 Å². The zero-order chi connectivity index (χ0) is 15.7. The van der Waals surface area contributed by atoms with E-state index in [2.05, 4.69) is 15.4 Å². The molecule has 1 aromatic carbocycles. The Hall–Kier alpha value is -2.34. The van der Waals surface area contributed by atoms with Crippen LogP contribution in [0.3, 0.4) is 0 Å². The molecule has 6 nitrogen and oxygen atoms in total. The van der Waals surface area contributed by atoms with E-state index in [0.29, 0.717) is 28.8 Å². The van der Waals surface area contributed by atoms with Crippen molar-refractivity contribution in [2.24, 2.45) is 0 Å². The van der Waals surface area contributed by atoms with E-state index in [-0.39, 0.29) is 0 Å². The molecule has 2 heterocycles. The average Bonchev–Trinajstić information content (AvgIpc) is 2.94. The SMILES string of the molecule is CCOC(=O)C1=C(C)Nc2ncnn2[C@H]1c1ccccc1Cl. The predicted molar refractivity (Wildman–Crippen MR) is 82.6 cm³/mol. The second-order valence-electron chi connectivity index (χ2n) is 4.84. The van der Waals surface area contributed by atoms with E-state index in [1.165, 1.54) is 6.33 Å². The number of carbonyl (C=O) groups is 1. The number of rotatable bonds is 3. The highest BCUT2D eigenvalue weighted by atomic mass is 35.5. The fourth-order valence-corrected chi connectivity index (χ4v) is 2.79. The van der Waals surface area contributed by atoms with Gasteiger partial charge in [0.2, 0.25) is 5.95 Å². The van der Waals surface area contributed by atoms with Crippen molar-refractivity contribution in [3.63, 3.8) is 0 Å². The van der Waals surface area contributed by atoms with Gasteiger partial charge in [-0.05, 0) is 19.9 Å². The molecule has 0 radical (unpaired) electrons. The molecule has 1 aliphatic heterocycles. The van der Waals surface area contributed by atoms with Crippen molar-refractivity contribution >= 4 is 23.5 Å². The molecule has 114 valence electrons. The highest BCUT2D eigenvalue weighted by Gasteiger charge is 2.35. The zero-order valence-corrected chi connectivity index (χ0v) is 13.0. The Morgan fingerprint density at radius 3 is 2.95 bits per heavy atom. The number of carbonyl (C=O) groups excluding carboxylic acids is 1. The molecule has 0 fully saturated rings. The molecule has 0 saturated carbocycles. The molecule has 22 heavy (non-hydrogen) atoms. The van der Waals surface area contributed by atoms with E-state index in [1.54, 1.807) is 17.7 Å². The summed E-state index contributed by atoms with van der Waals surface area (Å²) < 4.78 is 6.83. The minimum atomic E-state index is -0.466. The summed E-state index contributed by atoms with van der Waals surface area (Å²) >= 11 is 6.33. The van der Waals surface area contributed by atoms with Gasteiger partial charge in [-0.25, -0.2) is 9.48 Å². The first-order valence-corrected chi connectivity index (χ1v) is 7.30. The number of ether oxygens (including phenoxy) is 1. The van der Waals surface area contributed by atoms with Gasteiger partial charge in [-0.1, -0.05) is 29.8 Å². The molecule has 2 aromatic rings. The summed E-state index contributed by atoms with van der Waals surface area (Å²) in [6.07, 6.45) is 1.44. The van der Waals surface area contributed by atoms with Crippen molar-refractivity contribution in [2.75, 3.05) is 11.9 Å². The first-order valence-electron chi connectivity index (χ1n) is 6.92. The van der Waals surface area contributed by atoms with Crippen LogP contribution in [0.1, 0.15) is 25.5 Å². The summed E-state index contributed by atoms with van der Waals surface area (Å²) in [4.78, 5) is 16.6. The maximum Gasteiger partial charge on any atom is 0.338 e. The minimum Gasteiger partial charge on any atom is -0.463 e. The fraction of sp³-hybridized carbons (Fsp3) is 0.267. The number of fused-ring (bicyclic) bond motifs is 1. The number of esters is 1. The van der Waals surface area contributed by atoms with Crippen molar-refractivity contribution in [1.29, 1.82) is 0 Å². The van der Waals surface area contributed by atoms with Crippen molar-refractivity contribution < 1.29 is 9.53 Å². The lowest BCUT2D eigenvalue weighted by Crippen LogP contribution is -2.29. The molecular formula is C15H15ClN4O2. The monoisotopic (exact) mass is 318 g/mol. The van der Waals surface area contributed by atoms with Crippen LogP contribution in [0.2, 0.25) is 5.02 Å². The van der Waals surface area contributed by atoms with Crippen LogP contribution in [0.5, 0.6) is 0 Å². The Morgan fingerprint density at radius 2 is 2.23 bits per heavy atom. The van der Waals surface area contributed by atoms with Gasteiger partial charge in [0, 0.05) is 16.3 Å². The lowest BCUT2D eigenvalue weighted by atomic mass is 9.96.